The minimum absolute atomic E-state index is 0.0226. The van der Waals surface area contributed by atoms with Gasteiger partial charge in [-0.3, -0.25) is 4.79 Å². The first-order valence-electron chi connectivity index (χ1n) is 16.3. The van der Waals surface area contributed by atoms with Gasteiger partial charge in [0.05, 0.1) is 6.42 Å². The predicted octanol–water partition coefficient (Wildman–Crippen LogP) is 3.92. The van der Waals surface area contributed by atoms with Gasteiger partial charge in [0.2, 0.25) is 6.29 Å². The molecule has 0 radical (unpaired) electrons. The molecule has 6 N–H and O–H groups in total. The van der Waals surface area contributed by atoms with Crippen LogP contribution in [0.3, 0.4) is 0 Å². The maximum atomic E-state index is 13.0. The fourth-order valence-electron chi connectivity index (χ4n) is 5.65. The van der Waals surface area contributed by atoms with E-state index in [1.165, 1.54) is 54.6 Å². The molecule has 1 fully saturated rings. The SMILES string of the molecule is O=C(/C=C/c1ccc(O)cc1)OC[C@H]1O[C@@H](Oc2cc(O)c3c(c2)O[C@H](c2ccc(O)cc2)CC3=O)[C@H](O)[C@@H](OC(=O)/C=C/c2ccc(O)cc2)[C@@H]1O. The van der Waals surface area contributed by atoms with Crippen molar-refractivity contribution in [1.29, 1.82) is 0 Å². The average molecular weight is 727 g/mol. The zero-order chi connectivity index (χ0) is 37.6. The number of benzene rings is 4. The molecule has 6 rings (SSSR count). The number of hydrogen-bond donors (Lipinski definition) is 6. The van der Waals surface area contributed by atoms with Gasteiger partial charge in [-0.1, -0.05) is 36.4 Å². The van der Waals surface area contributed by atoms with E-state index in [9.17, 15) is 45.0 Å². The summed E-state index contributed by atoms with van der Waals surface area (Å²) in [4.78, 5) is 38.4. The molecule has 4 aromatic rings. The molecular weight excluding hydrogens is 692 g/mol. The third kappa shape index (κ3) is 8.94. The van der Waals surface area contributed by atoms with E-state index in [4.69, 9.17) is 23.7 Å². The molecule has 0 bridgehead atoms. The zero-order valence-electron chi connectivity index (χ0n) is 27.7. The van der Waals surface area contributed by atoms with Crippen LogP contribution in [0, 0.1) is 0 Å². The number of aromatic hydroxyl groups is 4. The number of aliphatic hydroxyl groups excluding tert-OH is 2. The molecule has 0 aliphatic carbocycles. The highest BCUT2D eigenvalue weighted by molar-refractivity contribution is 6.02. The fraction of sp³-hybridized carbons (Fsp3) is 0.205. The van der Waals surface area contributed by atoms with Crippen molar-refractivity contribution in [2.24, 2.45) is 0 Å². The maximum Gasteiger partial charge on any atom is 0.331 e. The lowest BCUT2D eigenvalue weighted by Gasteiger charge is -2.41. The van der Waals surface area contributed by atoms with Gasteiger partial charge in [-0.05, 0) is 65.2 Å². The first-order valence-corrected chi connectivity index (χ1v) is 16.3. The van der Waals surface area contributed by atoms with Crippen LogP contribution in [0.1, 0.15) is 39.6 Å². The lowest BCUT2D eigenvalue weighted by atomic mass is 9.95. The highest BCUT2D eigenvalue weighted by Crippen LogP contribution is 2.43. The molecule has 1 saturated heterocycles. The van der Waals surface area contributed by atoms with E-state index in [0.29, 0.717) is 16.7 Å². The number of phenolic OH excluding ortho intramolecular Hbond substituents is 4. The lowest BCUT2D eigenvalue weighted by molar-refractivity contribution is -0.281. The number of rotatable bonds is 10. The first-order chi connectivity index (χ1) is 25.4. The van der Waals surface area contributed by atoms with E-state index >= 15 is 0 Å². The van der Waals surface area contributed by atoms with Crippen LogP contribution in [-0.4, -0.2) is 85.7 Å². The number of carbonyl (C=O) groups is 3. The number of esters is 2. The number of ether oxygens (including phenoxy) is 5. The lowest BCUT2D eigenvalue weighted by Crippen LogP contribution is -2.61. The van der Waals surface area contributed by atoms with Gasteiger partial charge in [-0.2, -0.15) is 0 Å². The third-order valence-corrected chi connectivity index (χ3v) is 8.38. The number of ketones is 1. The standard InChI is InChI=1S/C39H34O14/c40-24-9-1-21(2-10-24)5-15-33(45)49-20-32-36(47)38(53-34(46)16-6-22-3-11-25(41)12-4-22)37(48)39(52-32)50-27-17-28(43)35-29(44)19-30(51-31(35)18-27)23-7-13-26(42)14-8-23/h1-18,30,32,36-43,47-48H,19-20H2/b15-5+,16-6+/t30-,32+,36+,37+,38-,39+/m0/s1. The van der Waals surface area contributed by atoms with Crippen LogP contribution in [0.4, 0.5) is 0 Å². The van der Waals surface area contributed by atoms with Gasteiger partial charge in [0, 0.05) is 24.3 Å². The Morgan fingerprint density at radius 1 is 0.755 bits per heavy atom. The normalized spacial score (nSPS) is 22.6. The summed E-state index contributed by atoms with van der Waals surface area (Å²) >= 11 is 0. The smallest absolute Gasteiger partial charge is 0.331 e. The number of hydrogen-bond acceptors (Lipinski definition) is 14. The summed E-state index contributed by atoms with van der Waals surface area (Å²) in [6.07, 6.45) is -4.20. The summed E-state index contributed by atoms with van der Waals surface area (Å²) in [6.45, 7) is -0.578. The number of Topliss-reactive ketones (excluding diaryl/α,β-unsaturated/α-hetero) is 1. The van der Waals surface area contributed by atoms with Crippen LogP contribution in [0.25, 0.3) is 12.2 Å². The van der Waals surface area contributed by atoms with Crippen molar-refractivity contribution in [2.75, 3.05) is 6.61 Å². The van der Waals surface area contributed by atoms with Crippen LogP contribution in [0.5, 0.6) is 34.5 Å². The molecule has 2 aliphatic heterocycles. The molecule has 274 valence electrons. The highest BCUT2D eigenvalue weighted by Gasteiger charge is 2.48. The van der Waals surface area contributed by atoms with Crippen LogP contribution in [0.2, 0.25) is 0 Å². The van der Waals surface area contributed by atoms with E-state index in [0.717, 1.165) is 18.2 Å². The molecule has 2 heterocycles. The van der Waals surface area contributed by atoms with Crippen molar-refractivity contribution in [3.8, 4) is 34.5 Å². The second kappa shape index (κ2) is 15.9. The fourth-order valence-corrected chi connectivity index (χ4v) is 5.65. The van der Waals surface area contributed by atoms with Gasteiger partial charge in [0.1, 0.15) is 65.0 Å². The van der Waals surface area contributed by atoms with Crippen molar-refractivity contribution in [3.63, 3.8) is 0 Å². The molecule has 0 amide bonds. The summed E-state index contributed by atoms with van der Waals surface area (Å²) in [5.41, 5.74) is 1.63. The van der Waals surface area contributed by atoms with Gasteiger partial charge < -0.3 is 54.3 Å². The molecule has 6 atom stereocenters. The zero-order valence-corrected chi connectivity index (χ0v) is 27.7. The van der Waals surface area contributed by atoms with Crippen molar-refractivity contribution in [2.45, 2.75) is 43.2 Å². The van der Waals surface area contributed by atoms with Crippen LogP contribution in [0.15, 0.2) is 97.1 Å². The quantitative estimate of drug-likeness (QED) is 0.101. The monoisotopic (exact) mass is 726 g/mol. The molecule has 2 aliphatic rings. The third-order valence-electron chi connectivity index (χ3n) is 8.38. The Labute approximate surface area is 302 Å². The van der Waals surface area contributed by atoms with Gasteiger partial charge >= 0.3 is 11.9 Å². The molecule has 0 saturated carbocycles. The Balaban J connectivity index is 1.21. The largest absolute Gasteiger partial charge is 0.508 e. The molecule has 53 heavy (non-hydrogen) atoms. The molecule has 0 aromatic heterocycles. The Kier molecular flexibility index (Phi) is 10.9. The molecule has 14 heteroatoms. The molecular formula is C39H34O14. The van der Waals surface area contributed by atoms with Crippen molar-refractivity contribution in [1.82, 2.24) is 0 Å². The Bertz CT molecular complexity index is 2000. The van der Waals surface area contributed by atoms with E-state index in [1.807, 2.05) is 0 Å². The number of phenols is 4. The molecule has 4 aromatic carbocycles. The Hall–Kier alpha value is -6.35. The van der Waals surface area contributed by atoms with E-state index in [-0.39, 0.29) is 40.7 Å². The van der Waals surface area contributed by atoms with Gasteiger partial charge in [0.15, 0.2) is 18.0 Å². The van der Waals surface area contributed by atoms with E-state index < -0.39 is 66.9 Å². The topological polar surface area (TPSA) is 219 Å². The predicted molar refractivity (Wildman–Crippen MR) is 185 cm³/mol. The minimum atomic E-state index is -1.83. The molecule has 14 nitrogen and oxygen atoms in total. The van der Waals surface area contributed by atoms with Crippen LogP contribution < -0.4 is 9.47 Å². The van der Waals surface area contributed by atoms with Gasteiger partial charge in [-0.15, -0.1) is 0 Å². The second-order valence-electron chi connectivity index (χ2n) is 12.2. The average Bonchev–Trinajstić information content (AvgIpc) is 3.13. The van der Waals surface area contributed by atoms with E-state index in [1.54, 1.807) is 36.4 Å². The van der Waals surface area contributed by atoms with Crippen LogP contribution >= 0.6 is 0 Å². The molecule has 0 spiro atoms. The minimum Gasteiger partial charge on any atom is -0.508 e. The van der Waals surface area contributed by atoms with Crippen LogP contribution in [-0.2, 0) is 23.8 Å². The first kappa shape index (κ1) is 36.4. The second-order valence-corrected chi connectivity index (χ2v) is 12.2. The van der Waals surface area contributed by atoms with Gasteiger partial charge in [-0.25, -0.2) is 9.59 Å². The number of carbonyl (C=O) groups excluding carboxylic acids is 3. The highest BCUT2D eigenvalue weighted by atomic mass is 16.7. The summed E-state index contributed by atoms with van der Waals surface area (Å²) in [6, 6.07) is 20.4. The van der Waals surface area contributed by atoms with E-state index in [2.05, 4.69) is 0 Å². The Morgan fingerprint density at radius 3 is 1.92 bits per heavy atom. The summed E-state index contributed by atoms with van der Waals surface area (Å²) in [5, 5.41) is 61.9. The number of fused-ring (bicyclic) bond motifs is 1. The summed E-state index contributed by atoms with van der Waals surface area (Å²) in [7, 11) is 0. The van der Waals surface area contributed by atoms with Crippen molar-refractivity contribution < 1.29 is 68.7 Å². The summed E-state index contributed by atoms with van der Waals surface area (Å²) in [5.74, 6) is -2.77. The van der Waals surface area contributed by atoms with Gasteiger partial charge in [0.25, 0.3) is 0 Å². The van der Waals surface area contributed by atoms with Crippen molar-refractivity contribution in [3.05, 3.63) is 119 Å². The van der Waals surface area contributed by atoms with Crippen molar-refractivity contribution >= 4 is 29.9 Å². The molecule has 0 unspecified atom stereocenters. The maximum absolute atomic E-state index is 13.0. The Morgan fingerprint density at radius 2 is 1.32 bits per heavy atom. The number of aliphatic hydroxyl groups is 2. The summed E-state index contributed by atoms with van der Waals surface area (Å²) < 4.78 is 28.4.